The fourth-order valence-corrected chi connectivity index (χ4v) is 2.23. The molecule has 0 unspecified atom stereocenters. The van der Waals surface area contributed by atoms with E-state index >= 15 is 0 Å². The van der Waals surface area contributed by atoms with Crippen molar-refractivity contribution in [1.82, 2.24) is 0 Å². The van der Waals surface area contributed by atoms with Crippen molar-refractivity contribution in [2.45, 2.75) is 13.0 Å². The molecule has 0 fully saturated rings. The average Bonchev–Trinajstić information content (AvgIpc) is 2.58. The Morgan fingerprint density at radius 2 is 1.92 bits per heavy atom. The van der Waals surface area contributed by atoms with Gasteiger partial charge in [0.2, 0.25) is 0 Å². The lowest BCUT2D eigenvalue weighted by atomic mass is 10.2. The van der Waals surface area contributed by atoms with Gasteiger partial charge >= 0.3 is 0 Å². The fourth-order valence-electron chi connectivity index (χ4n) is 1.94. The van der Waals surface area contributed by atoms with E-state index in [1.54, 1.807) is 19.1 Å². The molecule has 2 rings (SSSR count). The van der Waals surface area contributed by atoms with E-state index in [4.69, 9.17) is 32.7 Å². The topological polar surface area (TPSA) is 90.7 Å². The molecule has 2 aromatic carbocycles. The van der Waals surface area contributed by atoms with Crippen molar-refractivity contribution in [2.75, 3.05) is 12.4 Å². The number of rotatable bonds is 6. The predicted octanol–water partition coefficient (Wildman–Crippen LogP) is 4.32. The van der Waals surface area contributed by atoms with Crippen LogP contribution in [-0.4, -0.2) is 24.0 Å². The van der Waals surface area contributed by atoms with E-state index in [0.29, 0.717) is 21.5 Å². The minimum Gasteiger partial charge on any atom is -0.494 e. The Labute approximate surface area is 153 Å². The summed E-state index contributed by atoms with van der Waals surface area (Å²) in [7, 11) is 1.35. The lowest BCUT2D eigenvalue weighted by Crippen LogP contribution is -2.30. The van der Waals surface area contributed by atoms with Crippen LogP contribution in [0.3, 0.4) is 0 Å². The molecule has 9 heteroatoms. The van der Waals surface area contributed by atoms with Crippen LogP contribution in [0.1, 0.15) is 6.92 Å². The van der Waals surface area contributed by atoms with Gasteiger partial charge in [-0.05, 0) is 25.1 Å². The van der Waals surface area contributed by atoms with E-state index in [2.05, 4.69) is 5.32 Å². The molecule has 132 valence electrons. The van der Waals surface area contributed by atoms with Crippen LogP contribution >= 0.6 is 23.2 Å². The number of carbonyl (C=O) groups is 1. The van der Waals surface area contributed by atoms with Gasteiger partial charge < -0.3 is 14.8 Å². The molecule has 1 N–H and O–H groups in total. The van der Waals surface area contributed by atoms with Crippen LogP contribution in [0.15, 0.2) is 36.4 Å². The van der Waals surface area contributed by atoms with E-state index in [-0.39, 0.29) is 11.4 Å². The molecule has 0 heterocycles. The zero-order valence-corrected chi connectivity index (χ0v) is 14.8. The maximum Gasteiger partial charge on any atom is 0.273 e. The number of amides is 1. The molecular formula is C16H14Cl2N2O5. The van der Waals surface area contributed by atoms with E-state index in [9.17, 15) is 14.9 Å². The highest BCUT2D eigenvalue weighted by molar-refractivity contribution is 6.42. The SMILES string of the molecule is COc1cc([N+](=O)[O-])ccc1NC(=O)[C@H](C)Oc1ccc(Cl)c(Cl)c1. The van der Waals surface area contributed by atoms with Gasteiger partial charge in [0.1, 0.15) is 11.5 Å². The quantitative estimate of drug-likeness (QED) is 0.591. The van der Waals surface area contributed by atoms with Crippen LogP contribution in [0.25, 0.3) is 0 Å². The standard InChI is InChI=1S/C16H14Cl2N2O5/c1-9(25-11-4-5-12(17)13(18)8-11)16(21)19-14-6-3-10(20(22)23)7-15(14)24-2/h3-9H,1-2H3,(H,19,21)/t9-/m0/s1. The van der Waals surface area contributed by atoms with Crippen molar-refractivity contribution in [1.29, 1.82) is 0 Å². The summed E-state index contributed by atoms with van der Waals surface area (Å²) in [5.41, 5.74) is 0.151. The summed E-state index contributed by atoms with van der Waals surface area (Å²) in [5, 5.41) is 14.1. The Bertz CT molecular complexity index is 813. The number of anilines is 1. The molecule has 0 radical (unpaired) electrons. The summed E-state index contributed by atoms with van der Waals surface area (Å²) in [6.07, 6.45) is -0.850. The summed E-state index contributed by atoms with van der Waals surface area (Å²) >= 11 is 11.7. The van der Waals surface area contributed by atoms with Crippen molar-refractivity contribution >= 4 is 40.5 Å². The molecule has 0 saturated heterocycles. The maximum absolute atomic E-state index is 12.3. The Kier molecular flexibility index (Phi) is 6.06. The van der Waals surface area contributed by atoms with E-state index in [0.717, 1.165) is 0 Å². The van der Waals surface area contributed by atoms with E-state index in [1.165, 1.54) is 31.4 Å². The number of non-ortho nitro benzene ring substituents is 1. The molecule has 0 aliphatic carbocycles. The molecule has 0 spiro atoms. The predicted molar refractivity (Wildman–Crippen MR) is 94.8 cm³/mol. The smallest absolute Gasteiger partial charge is 0.273 e. The first-order chi connectivity index (χ1) is 11.8. The van der Waals surface area contributed by atoms with Crippen LogP contribution in [-0.2, 0) is 4.79 Å². The van der Waals surface area contributed by atoms with E-state index < -0.39 is 16.9 Å². The second kappa shape index (κ2) is 8.04. The lowest BCUT2D eigenvalue weighted by Gasteiger charge is -2.16. The highest BCUT2D eigenvalue weighted by Gasteiger charge is 2.19. The first kappa shape index (κ1) is 18.8. The molecule has 0 aliphatic rings. The van der Waals surface area contributed by atoms with Crippen LogP contribution in [0.2, 0.25) is 10.0 Å². The highest BCUT2D eigenvalue weighted by atomic mass is 35.5. The zero-order valence-electron chi connectivity index (χ0n) is 13.3. The van der Waals surface area contributed by atoms with Crippen molar-refractivity contribution in [3.8, 4) is 11.5 Å². The number of hydrogen-bond donors (Lipinski definition) is 1. The number of carbonyl (C=O) groups excluding carboxylic acids is 1. The van der Waals surface area contributed by atoms with Gasteiger partial charge in [0, 0.05) is 12.1 Å². The van der Waals surface area contributed by atoms with Gasteiger partial charge in [-0.1, -0.05) is 23.2 Å². The third-order valence-electron chi connectivity index (χ3n) is 3.23. The number of hydrogen-bond acceptors (Lipinski definition) is 5. The number of nitrogens with zero attached hydrogens (tertiary/aromatic N) is 1. The second-order valence-electron chi connectivity index (χ2n) is 4.97. The molecule has 25 heavy (non-hydrogen) atoms. The first-order valence-electron chi connectivity index (χ1n) is 7.07. The first-order valence-corrected chi connectivity index (χ1v) is 7.82. The Hall–Kier alpha value is -2.51. The summed E-state index contributed by atoms with van der Waals surface area (Å²) in [6, 6.07) is 8.53. The molecule has 1 amide bonds. The summed E-state index contributed by atoms with van der Waals surface area (Å²) < 4.78 is 10.6. The monoisotopic (exact) mass is 384 g/mol. The molecular weight excluding hydrogens is 371 g/mol. The van der Waals surface area contributed by atoms with Crippen LogP contribution in [0.4, 0.5) is 11.4 Å². The number of halogens is 2. The largest absolute Gasteiger partial charge is 0.494 e. The molecule has 0 aromatic heterocycles. The van der Waals surface area contributed by atoms with Crippen molar-refractivity contribution < 1.29 is 19.2 Å². The van der Waals surface area contributed by atoms with Gasteiger partial charge in [0.05, 0.1) is 33.8 Å². The Morgan fingerprint density at radius 3 is 2.52 bits per heavy atom. The van der Waals surface area contributed by atoms with Gasteiger partial charge in [-0.2, -0.15) is 0 Å². The number of benzene rings is 2. The summed E-state index contributed by atoms with van der Waals surface area (Å²) in [6.45, 7) is 1.55. The molecule has 2 aromatic rings. The third kappa shape index (κ3) is 4.74. The van der Waals surface area contributed by atoms with Crippen LogP contribution < -0.4 is 14.8 Å². The number of nitro benzene ring substituents is 1. The molecule has 0 saturated carbocycles. The number of nitrogens with one attached hydrogen (secondary N) is 1. The normalized spacial score (nSPS) is 11.5. The van der Waals surface area contributed by atoms with Crippen LogP contribution in [0, 0.1) is 10.1 Å². The second-order valence-corrected chi connectivity index (χ2v) is 5.78. The fraction of sp³-hybridized carbons (Fsp3) is 0.188. The average molecular weight is 385 g/mol. The molecule has 7 nitrogen and oxygen atoms in total. The van der Waals surface area contributed by atoms with Crippen molar-refractivity contribution in [2.24, 2.45) is 0 Å². The van der Waals surface area contributed by atoms with Gasteiger partial charge in [-0.3, -0.25) is 14.9 Å². The third-order valence-corrected chi connectivity index (χ3v) is 3.97. The van der Waals surface area contributed by atoms with Gasteiger partial charge in [-0.25, -0.2) is 0 Å². The van der Waals surface area contributed by atoms with Gasteiger partial charge in [-0.15, -0.1) is 0 Å². The number of nitro groups is 1. The molecule has 0 aliphatic heterocycles. The van der Waals surface area contributed by atoms with Crippen LogP contribution in [0.5, 0.6) is 11.5 Å². The lowest BCUT2D eigenvalue weighted by molar-refractivity contribution is -0.384. The van der Waals surface area contributed by atoms with Gasteiger partial charge in [0.25, 0.3) is 11.6 Å². The summed E-state index contributed by atoms with van der Waals surface area (Å²) in [5.74, 6) is 0.0928. The Morgan fingerprint density at radius 1 is 1.20 bits per heavy atom. The van der Waals surface area contributed by atoms with Crippen molar-refractivity contribution in [3.63, 3.8) is 0 Å². The van der Waals surface area contributed by atoms with Gasteiger partial charge in [0.15, 0.2) is 6.10 Å². The molecule has 0 bridgehead atoms. The maximum atomic E-state index is 12.3. The number of methoxy groups -OCH3 is 1. The number of ether oxygens (including phenoxy) is 2. The zero-order chi connectivity index (χ0) is 18.6. The highest BCUT2D eigenvalue weighted by Crippen LogP contribution is 2.30. The minimum atomic E-state index is -0.850. The Balaban J connectivity index is 2.10. The van der Waals surface area contributed by atoms with E-state index in [1.807, 2.05) is 0 Å². The minimum absolute atomic E-state index is 0.144. The summed E-state index contributed by atoms with van der Waals surface area (Å²) in [4.78, 5) is 22.5. The molecule has 1 atom stereocenters. The van der Waals surface area contributed by atoms with Crippen molar-refractivity contribution in [3.05, 3.63) is 56.6 Å².